The van der Waals surface area contributed by atoms with Crippen LogP contribution in [0.5, 0.6) is 0 Å². The van der Waals surface area contributed by atoms with Crippen LogP contribution in [-0.4, -0.2) is 49.7 Å². The molecule has 0 spiro atoms. The SMILES string of the molecule is NC(=O)c1ccc(S(=O)(=O)N2CCN(C3CCCc4ccccc43)CC2)o1. The van der Waals surface area contributed by atoms with E-state index in [4.69, 9.17) is 10.2 Å². The lowest BCUT2D eigenvalue weighted by Gasteiger charge is -2.40. The molecular weight excluding hydrogens is 366 g/mol. The molecule has 1 fully saturated rings. The van der Waals surface area contributed by atoms with Gasteiger partial charge in [-0.15, -0.1) is 0 Å². The average molecular weight is 389 g/mol. The first-order chi connectivity index (χ1) is 13.0. The predicted molar refractivity (Wildman–Crippen MR) is 99.7 cm³/mol. The lowest BCUT2D eigenvalue weighted by atomic mass is 9.86. The topological polar surface area (TPSA) is 96.8 Å². The third-order valence-corrected chi connectivity index (χ3v) is 7.24. The number of benzene rings is 1. The molecule has 1 amide bonds. The first-order valence-corrected chi connectivity index (χ1v) is 10.6. The Labute approximate surface area is 158 Å². The molecule has 1 aliphatic carbocycles. The molecule has 8 heteroatoms. The van der Waals surface area contributed by atoms with Crippen molar-refractivity contribution < 1.29 is 17.6 Å². The maximum Gasteiger partial charge on any atom is 0.284 e. The first kappa shape index (κ1) is 18.2. The molecule has 1 aromatic heterocycles. The maximum absolute atomic E-state index is 12.8. The molecule has 27 heavy (non-hydrogen) atoms. The van der Waals surface area contributed by atoms with Crippen LogP contribution in [0, 0.1) is 0 Å². The third kappa shape index (κ3) is 3.40. The number of carbonyl (C=O) groups excluding carboxylic acids is 1. The van der Waals surface area contributed by atoms with Crippen molar-refractivity contribution in [1.82, 2.24) is 9.21 Å². The highest BCUT2D eigenvalue weighted by atomic mass is 32.2. The molecule has 0 radical (unpaired) electrons. The Morgan fingerprint density at radius 2 is 1.81 bits per heavy atom. The van der Waals surface area contributed by atoms with Gasteiger partial charge >= 0.3 is 0 Å². The molecule has 1 aliphatic heterocycles. The van der Waals surface area contributed by atoms with E-state index in [9.17, 15) is 13.2 Å². The van der Waals surface area contributed by atoms with E-state index in [0.29, 0.717) is 32.2 Å². The van der Waals surface area contributed by atoms with Crippen molar-refractivity contribution in [3.63, 3.8) is 0 Å². The van der Waals surface area contributed by atoms with Gasteiger partial charge in [0.05, 0.1) is 0 Å². The minimum Gasteiger partial charge on any atom is -0.438 e. The van der Waals surface area contributed by atoms with Crippen LogP contribution in [0.2, 0.25) is 0 Å². The molecule has 0 bridgehead atoms. The van der Waals surface area contributed by atoms with Crippen molar-refractivity contribution in [2.75, 3.05) is 26.2 Å². The Hall–Kier alpha value is -2.16. The van der Waals surface area contributed by atoms with Crippen LogP contribution < -0.4 is 5.73 Å². The molecule has 1 atom stereocenters. The second-order valence-corrected chi connectivity index (χ2v) is 8.90. The monoisotopic (exact) mass is 389 g/mol. The molecule has 1 saturated heterocycles. The number of nitrogens with zero attached hydrogens (tertiary/aromatic N) is 2. The van der Waals surface area contributed by atoms with Crippen molar-refractivity contribution in [2.24, 2.45) is 5.73 Å². The summed E-state index contributed by atoms with van der Waals surface area (Å²) in [6.07, 6.45) is 3.37. The largest absolute Gasteiger partial charge is 0.438 e. The number of piperazine rings is 1. The molecule has 144 valence electrons. The van der Waals surface area contributed by atoms with E-state index in [1.165, 1.54) is 27.6 Å². The zero-order valence-corrected chi connectivity index (χ0v) is 15.8. The van der Waals surface area contributed by atoms with E-state index < -0.39 is 15.9 Å². The van der Waals surface area contributed by atoms with E-state index in [2.05, 4.69) is 29.2 Å². The quantitative estimate of drug-likeness (QED) is 0.859. The highest BCUT2D eigenvalue weighted by Crippen LogP contribution is 2.35. The van der Waals surface area contributed by atoms with Crippen LogP contribution in [0.25, 0.3) is 0 Å². The lowest BCUT2D eigenvalue weighted by Crippen LogP contribution is -2.49. The smallest absolute Gasteiger partial charge is 0.284 e. The van der Waals surface area contributed by atoms with Crippen LogP contribution in [0.3, 0.4) is 0 Å². The number of furan rings is 1. The van der Waals surface area contributed by atoms with Crippen molar-refractivity contribution >= 4 is 15.9 Å². The molecule has 1 unspecified atom stereocenters. The predicted octanol–water partition coefficient (Wildman–Crippen LogP) is 1.76. The molecule has 2 heterocycles. The fourth-order valence-corrected chi connectivity index (χ4v) is 5.42. The number of sulfonamides is 1. The van der Waals surface area contributed by atoms with Gasteiger partial charge in [0, 0.05) is 32.2 Å². The number of nitrogens with two attached hydrogens (primary N) is 1. The molecular formula is C19H23N3O4S. The zero-order chi connectivity index (χ0) is 19.0. The summed E-state index contributed by atoms with van der Waals surface area (Å²) in [5.74, 6) is -0.928. The Bertz CT molecular complexity index is 945. The summed E-state index contributed by atoms with van der Waals surface area (Å²) in [4.78, 5) is 13.5. The summed E-state index contributed by atoms with van der Waals surface area (Å²) in [6, 6.07) is 11.5. The molecule has 2 aliphatic rings. The number of rotatable bonds is 4. The van der Waals surface area contributed by atoms with E-state index in [1.807, 2.05) is 0 Å². The summed E-state index contributed by atoms with van der Waals surface area (Å²) in [6.45, 7) is 2.13. The van der Waals surface area contributed by atoms with Gasteiger partial charge in [0.15, 0.2) is 5.76 Å². The molecule has 2 aromatic rings. The number of primary amides is 1. The molecule has 7 nitrogen and oxygen atoms in total. The highest BCUT2D eigenvalue weighted by Gasteiger charge is 2.34. The molecule has 2 N–H and O–H groups in total. The third-order valence-electron chi connectivity index (χ3n) is 5.47. The van der Waals surface area contributed by atoms with Gasteiger partial charge in [-0.25, -0.2) is 8.42 Å². The van der Waals surface area contributed by atoms with Crippen LogP contribution in [0.15, 0.2) is 45.9 Å². The highest BCUT2D eigenvalue weighted by molar-refractivity contribution is 7.89. The molecule has 1 aromatic carbocycles. The van der Waals surface area contributed by atoms with E-state index in [1.54, 1.807) is 0 Å². The number of hydrogen-bond donors (Lipinski definition) is 1. The van der Waals surface area contributed by atoms with Crippen LogP contribution in [-0.2, 0) is 16.4 Å². The van der Waals surface area contributed by atoms with Crippen LogP contribution >= 0.6 is 0 Å². The second-order valence-electron chi connectivity index (χ2n) is 7.03. The van der Waals surface area contributed by atoms with Gasteiger partial charge in [-0.1, -0.05) is 24.3 Å². The van der Waals surface area contributed by atoms with Crippen molar-refractivity contribution in [2.45, 2.75) is 30.4 Å². The first-order valence-electron chi connectivity index (χ1n) is 9.18. The Kier molecular flexibility index (Phi) is 4.79. The Morgan fingerprint density at radius 3 is 2.52 bits per heavy atom. The number of carbonyl (C=O) groups is 1. The summed E-state index contributed by atoms with van der Waals surface area (Å²) >= 11 is 0. The summed E-state index contributed by atoms with van der Waals surface area (Å²) in [5.41, 5.74) is 7.91. The van der Waals surface area contributed by atoms with E-state index in [0.717, 1.165) is 19.3 Å². The van der Waals surface area contributed by atoms with Gasteiger partial charge < -0.3 is 10.2 Å². The van der Waals surface area contributed by atoms with Gasteiger partial charge in [0.25, 0.3) is 15.9 Å². The van der Waals surface area contributed by atoms with Gasteiger partial charge in [0.1, 0.15) is 0 Å². The van der Waals surface area contributed by atoms with E-state index in [-0.39, 0.29) is 10.9 Å². The summed E-state index contributed by atoms with van der Waals surface area (Å²) in [5, 5.41) is -0.229. The van der Waals surface area contributed by atoms with Gasteiger partial charge in [-0.05, 0) is 42.5 Å². The molecule has 4 rings (SSSR count). The summed E-state index contributed by atoms with van der Waals surface area (Å²) < 4.78 is 32.1. The fourth-order valence-electron chi connectivity index (χ4n) is 4.08. The van der Waals surface area contributed by atoms with E-state index >= 15 is 0 Å². The minimum atomic E-state index is -3.76. The normalized spacial score (nSPS) is 21.7. The van der Waals surface area contributed by atoms with Gasteiger partial charge in [-0.3, -0.25) is 9.69 Å². The maximum atomic E-state index is 12.8. The number of aryl methyl sites for hydroxylation is 1. The second kappa shape index (κ2) is 7.10. The van der Waals surface area contributed by atoms with Gasteiger partial charge in [-0.2, -0.15) is 4.31 Å². The van der Waals surface area contributed by atoms with Crippen LogP contribution in [0.1, 0.15) is 40.6 Å². The molecule has 0 saturated carbocycles. The zero-order valence-electron chi connectivity index (χ0n) is 15.0. The Morgan fingerprint density at radius 1 is 1.07 bits per heavy atom. The Balaban J connectivity index is 1.47. The van der Waals surface area contributed by atoms with Crippen LogP contribution in [0.4, 0.5) is 0 Å². The lowest BCUT2D eigenvalue weighted by molar-refractivity contribution is 0.0967. The van der Waals surface area contributed by atoms with Crippen molar-refractivity contribution in [1.29, 1.82) is 0 Å². The average Bonchev–Trinajstić information content (AvgIpc) is 3.19. The standard InChI is InChI=1S/C19H23N3O4S/c20-19(23)17-8-9-18(26-17)27(24,25)22-12-10-21(11-13-22)16-7-3-5-14-4-1-2-6-15(14)16/h1-2,4,6,8-9,16H,3,5,7,10-13H2,(H2,20,23). The summed E-state index contributed by atoms with van der Waals surface area (Å²) in [7, 11) is -3.76. The van der Waals surface area contributed by atoms with Crippen molar-refractivity contribution in [3.05, 3.63) is 53.3 Å². The number of hydrogen-bond acceptors (Lipinski definition) is 5. The van der Waals surface area contributed by atoms with Crippen molar-refractivity contribution in [3.8, 4) is 0 Å². The van der Waals surface area contributed by atoms with Gasteiger partial charge in [0.2, 0.25) is 5.09 Å². The fraction of sp³-hybridized carbons (Fsp3) is 0.421. The minimum absolute atomic E-state index is 0.147. The number of fused-ring (bicyclic) bond motifs is 1. The number of amides is 1.